The molecule has 2 aliphatic heterocycles. The van der Waals surface area contributed by atoms with Crippen molar-refractivity contribution in [1.29, 1.82) is 5.41 Å². The van der Waals surface area contributed by atoms with Gasteiger partial charge >= 0.3 is 12.0 Å². The molecule has 14 heteroatoms. The zero-order valence-electron chi connectivity index (χ0n) is 24.6. The van der Waals surface area contributed by atoms with E-state index in [1.165, 1.54) is 6.07 Å². The summed E-state index contributed by atoms with van der Waals surface area (Å²) in [5.41, 5.74) is 7.09. The van der Waals surface area contributed by atoms with E-state index in [0.717, 1.165) is 37.0 Å². The maximum absolute atomic E-state index is 13.2. The van der Waals surface area contributed by atoms with E-state index in [2.05, 4.69) is 30.9 Å². The number of hydrogen-bond acceptors (Lipinski definition) is 11. The first-order chi connectivity index (χ1) is 21.3. The van der Waals surface area contributed by atoms with Gasteiger partial charge in [-0.1, -0.05) is 12.1 Å². The largest absolute Gasteiger partial charge is 0.494 e. The first-order valence-corrected chi connectivity index (χ1v) is 14.6. The maximum Gasteiger partial charge on any atom is 0.326 e. The molecule has 2 aliphatic rings. The lowest BCUT2D eigenvalue weighted by Crippen LogP contribution is -2.41. The number of rotatable bonds is 8. The van der Waals surface area contributed by atoms with Crippen LogP contribution in [-0.4, -0.2) is 63.6 Å². The fourth-order valence-corrected chi connectivity index (χ4v) is 4.33. The Labute approximate surface area is 255 Å². The molecule has 1 aromatic heterocycles. The second-order valence-corrected chi connectivity index (χ2v) is 10.1. The molecule has 5 rings (SSSR count). The summed E-state index contributed by atoms with van der Waals surface area (Å²) in [6.45, 7) is 3.58. The summed E-state index contributed by atoms with van der Waals surface area (Å²) < 4.78 is 17.5. The summed E-state index contributed by atoms with van der Waals surface area (Å²) in [5.74, 6) is -0.440. The highest BCUT2D eigenvalue weighted by molar-refractivity contribution is 5.99. The Morgan fingerprint density at radius 2 is 1.77 bits per heavy atom. The van der Waals surface area contributed by atoms with Crippen LogP contribution >= 0.6 is 0 Å². The third kappa shape index (κ3) is 9.71. The van der Waals surface area contributed by atoms with Crippen molar-refractivity contribution in [3.05, 3.63) is 53.6 Å². The molecule has 1 amide bonds. The van der Waals surface area contributed by atoms with Gasteiger partial charge in [0.1, 0.15) is 17.5 Å². The molecule has 0 spiro atoms. The topological polar surface area (TPSA) is 207 Å². The van der Waals surface area contributed by atoms with Crippen molar-refractivity contribution in [3.8, 4) is 17.5 Å². The van der Waals surface area contributed by atoms with Crippen molar-refractivity contribution in [3.63, 3.8) is 0 Å². The number of aromatic nitrogens is 3. The van der Waals surface area contributed by atoms with Crippen LogP contribution in [0.15, 0.2) is 42.5 Å². The smallest absolute Gasteiger partial charge is 0.326 e. The normalized spacial score (nSPS) is 14.3. The molecule has 0 fully saturated rings. The second kappa shape index (κ2) is 15.9. The van der Waals surface area contributed by atoms with Gasteiger partial charge in [-0.2, -0.15) is 15.0 Å². The Morgan fingerprint density at radius 3 is 2.48 bits per heavy atom. The lowest BCUT2D eigenvalue weighted by atomic mass is 10.1. The standard InChI is InChI=1S/C30H38N8O6/c1-2-42-30-37-28-33-18-19-7-10-21(11-8-19)43-15-5-3-4-6-16-44-24-17-20(34-29(36-28)38-30)9-12-22(24)26(39)35-23(27(40)41)13-14-25(31)32/h7-12,17,23H,2-6,13-16,18H2,1H3,(H3,31,32)(H,35,39)(H,40,41)(H2,33,34,36,37,38)/t23-/m0/s1. The van der Waals surface area contributed by atoms with E-state index in [4.69, 9.17) is 25.4 Å². The van der Waals surface area contributed by atoms with E-state index >= 15 is 0 Å². The average Bonchev–Trinajstić information content (AvgIpc) is 2.99. The maximum atomic E-state index is 13.2. The minimum absolute atomic E-state index is 0.0154. The summed E-state index contributed by atoms with van der Waals surface area (Å²) in [7, 11) is 0. The van der Waals surface area contributed by atoms with Crippen LogP contribution in [0, 0.1) is 5.41 Å². The number of amidine groups is 1. The van der Waals surface area contributed by atoms with Gasteiger partial charge in [0, 0.05) is 24.7 Å². The van der Waals surface area contributed by atoms with Gasteiger partial charge in [-0.15, -0.1) is 0 Å². The van der Waals surface area contributed by atoms with Crippen molar-refractivity contribution < 1.29 is 28.9 Å². The third-order valence-corrected chi connectivity index (χ3v) is 6.62. The highest BCUT2D eigenvalue weighted by Crippen LogP contribution is 2.27. The highest BCUT2D eigenvalue weighted by atomic mass is 16.5. The predicted octanol–water partition coefficient (Wildman–Crippen LogP) is 3.86. The molecule has 0 radical (unpaired) electrons. The fourth-order valence-electron chi connectivity index (χ4n) is 4.33. The number of hydrogen-bond donors (Lipinski definition) is 6. The van der Waals surface area contributed by atoms with Gasteiger partial charge < -0.3 is 41.0 Å². The van der Waals surface area contributed by atoms with Crippen LogP contribution in [0.25, 0.3) is 0 Å². The summed E-state index contributed by atoms with van der Waals surface area (Å²) in [5, 5.41) is 25.8. The molecule has 14 nitrogen and oxygen atoms in total. The molecular formula is C30H38N8O6. The van der Waals surface area contributed by atoms with Gasteiger partial charge in [-0.05, 0) is 68.9 Å². The Hall–Kier alpha value is -5.14. The summed E-state index contributed by atoms with van der Waals surface area (Å²) in [6.07, 6.45) is 3.48. The van der Waals surface area contributed by atoms with Crippen LogP contribution < -0.4 is 35.9 Å². The molecule has 0 aliphatic carbocycles. The van der Waals surface area contributed by atoms with Gasteiger partial charge in [0.2, 0.25) is 11.9 Å². The molecule has 3 heterocycles. The number of aliphatic carboxylic acids is 1. The van der Waals surface area contributed by atoms with E-state index in [0.29, 0.717) is 38.0 Å². The van der Waals surface area contributed by atoms with Crippen LogP contribution in [0.3, 0.4) is 0 Å². The number of nitrogens with one attached hydrogen (secondary N) is 4. The monoisotopic (exact) mass is 606 g/mol. The Balaban J connectivity index is 1.60. The number of nitrogens with zero attached hydrogens (tertiary/aromatic N) is 3. The van der Waals surface area contributed by atoms with Crippen molar-refractivity contribution in [2.24, 2.45) is 5.73 Å². The molecular weight excluding hydrogens is 568 g/mol. The number of anilines is 3. The Morgan fingerprint density at radius 1 is 1.05 bits per heavy atom. The van der Waals surface area contributed by atoms with E-state index in [9.17, 15) is 14.7 Å². The number of carboxylic acid groups (broad SMARTS) is 1. The molecule has 7 N–H and O–H groups in total. The molecule has 6 bridgehead atoms. The van der Waals surface area contributed by atoms with Gasteiger partial charge in [-0.3, -0.25) is 10.2 Å². The molecule has 3 aromatic rings. The van der Waals surface area contributed by atoms with Crippen LogP contribution in [0.5, 0.6) is 17.5 Å². The number of nitrogens with two attached hydrogens (primary N) is 1. The SMILES string of the molecule is CCOc1nc2nc(n1)Nc1ccc(C(=O)N[C@@H](CCC(=N)N)C(=O)O)c(c1)OCCCCCCOc1ccc(cc1)CN2. The second-order valence-electron chi connectivity index (χ2n) is 10.1. The van der Waals surface area contributed by atoms with Crippen molar-refractivity contribution in [2.75, 3.05) is 30.5 Å². The quantitative estimate of drug-likeness (QED) is 0.160. The van der Waals surface area contributed by atoms with E-state index < -0.39 is 17.9 Å². The lowest BCUT2D eigenvalue weighted by Gasteiger charge is -2.17. The number of carbonyl (C=O) groups excluding carboxylic acids is 1. The summed E-state index contributed by atoms with van der Waals surface area (Å²) >= 11 is 0. The van der Waals surface area contributed by atoms with Crippen LogP contribution in [0.2, 0.25) is 0 Å². The number of fused-ring (bicyclic) bond motifs is 10. The van der Waals surface area contributed by atoms with E-state index in [-0.39, 0.29) is 41.9 Å². The van der Waals surface area contributed by atoms with Gasteiger partial charge in [0.05, 0.1) is 31.2 Å². The Bertz CT molecular complexity index is 1440. The third-order valence-electron chi connectivity index (χ3n) is 6.62. The zero-order chi connectivity index (χ0) is 31.3. The summed E-state index contributed by atoms with van der Waals surface area (Å²) in [6, 6.07) is 11.5. The van der Waals surface area contributed by atoms with Gasteiger partial charge in [-0.25, -0.2) is 4.79 Å². The molecule has 234 valence electrons. The van der Waals surface area contributed by atoms with Crippen molar-refractivity contribution in [2.45, 2.75) is 58.0 Å². The fraction of sp³-hybridized carbons (Fsp3) is 0.400. The summed E-state index contributed by atoms with van der Waals surface area (Å²) in [4.78, 5) is 38.1. The Kier molecular flexibility index (Phi) is 11.5. The average molecular weight is 607 g/mol. The molecule has 0 saturated heterocycles. The molecule has 0 unspecified atom stereocenters. The van der Waals surface area contributed by atoms with Crippen molar-refractivity contribution in [1.82, 2.24) is 20.3 Å². The number of benzene rings is 2. The number of carbonyl (C=O) groups is 2. The lowest BCUT2D eigenvalue weighted by molar-refractivity contribution is -0.139. The first-order valence-electron chi connectivity index (χ1n) is 14.6. The minimum atomic E-state index is -1.22. The zero-order valence-corrected chi connectivity index (χ0v) is 24.6. The molecule has 2 aromatic carbocycles. The van der Waals surface area contributed by atoms with Gasteiger partial charge in [0.15, 0.2) is 0 Å². The molecule has 0 saturated carbocycles. The van der Waals surface area contributed by atoms with Crippen LogP contribution in [0.1, 0.15) is 61.4 Å². The van der Waals surface area contributed by atoms with E-state index in [1.807, 2.05) is 31.2 Å². The minimum Gasteiger partial charge on any atom is -0.494 e. The number of carboxylic acids is 1. The van der Waals surface area contributed by atoms with Crippen LogP contribution in [-0.2, 0) is 11.3 Å². The molecule has 44 heavy (non-hydrogen) atoms. The number of amides is 1. The number of ether oxygens (including phenoxy) is 3. The first kappa shape index (κ1) is 31.8. The van der Waals surface area contributed by atoms with E-state index in [1.54, 1.807) is 12.1 Å². The van der Waals surface area contributed by atoms with Gasteiger partial charge in [0.25, 0.3) is 5.91 Å². The van der Waals surface area contributed by atoms with Crippen molar-refractivity contribution >= 4 is 35.3 Å². The van der Waals surface area contributed by atoms with Crippen LogP contribution in [0.4, 0.5) is 17.6 Å². The highest BCUT2D eigenvalue weighted by Gasteiger charge is 2.23. The predicted molar refractivity (Wildman–Crippen MR) is 164 cm³/mol. The molecule has 1 atom stereocenters.